The zero-order chi connectivity index (χ0) is 17.9. The van der Waals surface area contributed by atoms with Crippen molar-refractivity contribution in [2.24, 2.45) is 0 Å². The Morgan fingerprint density at radius 1 is 0.458 bits per heavy atom. The van der Waals surface area contributed by atoms with Crippen LogP contribution in [0.5, 0.6) is 0 Å². The Kier molecular flexibility index (Phi) is 17.7. The molecule has 0 rings (SSSR count). The maximum absolute atomic E-state index is 12.8. The zero-order valence-electron chi connectivity index (χ0n) is 17.3. The van der Waals surface area contributed by atoms with Gasteiger partial charge in [-0.25, -0.2) is 0 Å². The van der Waals surface area contributed by atoms with E-state index in [1.54, 1.807) is 0 Å². The highest BCUT2D eigenvalue weighted by Crippen LogP contribution is 2.15. The predicted molar refractivity (Wildman–Crippen MR) is 109 cm³/mol. The number of rotatable bonds is 19. The lowest BCUT2D eigenvalue weighted by Crippen LogP contribution is -2.43. The summed E-state index contributed by atoms with van der Waals surface area (Å²) in [5, 5.41) is 12.8. The van der Waals surface area contributed by atoms with Gasteiger partial charge in [0.25, 0.3) is 0 Å². The van der Waals surface area contributed by atoms with Crippen LogP contribution in [0, 0.1) is 5.21 Å². The molecule has 146 valence electrons. The molecule has 0 heterocycles. The van der Waals surface area contributed by atoms with Gasteiger partial charge in [0.05, 0.1) is 19.6 Å². The van der Waals surface area contributed by atoms with Crippen molar-refractivity contribution in [1.82, 2.24) is 0 Å². The van der Waals surface area contributed by atoms with Crippen molar-refractivity contribution in [3.05, 3.63) is 5.21 Å². The van der Waals surface area contributed by atoms with Crippen LogP contribution in [0.2, 0.25) is 0 Å². The van der Waals surface area contributed by atoms with Crippen LogP contribution in [0.25, 0.3) is 0 Å². The largest absolute Gasteiger partial charge is 0.633 e. The van der Waals surface area contributed by atoms with Crippen molar-refractivity contribution in [3.8, 4) is 0 Å². The summed E-state index contributed by atoms with van der Waals surface area (Å²) < 4.78 is 0.0612. The van der Waals surface area contributed by atoms with Gasteiger partial charge in [-0.3, -0.25) is 0 Å². The van der Waals surface area contributed by atoms with Gasteiger partial charge < -0.3 is 9.85 Å². The van der Waals surface area contributed by atoms with Crippen molar-refractivity contribution in [3.63, 3.8) is 0 Å². The normalized spacial score (nSPS) is 12.0. The van der Waals surface area contributed by atoms with Crippen LogP contribution in [0.15, 0.2) is 0 Å². The first-order valence-electron chi connectivity index (χ1n) is 11.3. The molecule has 0 aromatic rings. The van der Waals surface area contributed by atoms with Crippen molar-refractivity contribution >= 4 is 0 Å². The third kappa shape index (κ3) is 15.4. The Balaban J connectivity index is 3.51. The van der Waals surface area contributed by atoms with Crippen molar-refractivity contribution in [2.45, 2.75) is 124 Å². The van der Waals surface area contributed by atoms with Gasteiger partial charge in [-0.15, -0.1) is 0 Å². The Hall–Kier alpha value is -0.0800. The molecule has 0 aromatic carbocycles. The second-order valence-corrected chi connectivity index (χ2v) is 7.77. The lowest BCUT2D eigenvalue weighted by atomic mass is 10.1. The van der Waals surface area contributed by atoms with Crippen molar-refractivity contribution < 1.29 is 4.65 Å². The van der Waals surface area contributed by atoms with Crippen LogP contribution in [0.4, 0.5) is 0 Å². The van der Waals surface area contributed by atoms with Gasteiger partial charge >= 0.3 is 0 Å². The van der Waals surface area contributed by atoms with E-state index in [0.29, 0.717) is 0 Å². The van der Waals surface area contributed by atoms with Crippen LogP contribution in [-0.2, 0) is 0 Å². The smallest absolute Gasteiger partial charge is 0.0783 e. The Labute approximate surface area is 153 Å². The number of quaternary nitrogens is 1. The maximum atomic E-state index is 12.8. The summed E-state index contributed by atoms with van der Waals surface area (Å²) in [5.41, 5.74) is 0. The minimum atomic E-state index is 0.0612. The fraction of sp³-hybridized carbons (Fsp3) is 1.00. The highest BCUT2D eigenvalue weighted by atomic mass is 16.5. The molecular weight excluding hydrogens is 294 g/mol. The molecule has 0 unspecified atom stereocenters. The summed E-state index contributed by atoms with van der Waals surface area (Å²) >= 11 is 0. The molecule has 0 atom stereocenters. The molecule has 0 fully saturated rings. The van der Waals surface area contributed by atoms with Crippen LogP contribution in [0.3, 0.4) is 0 Å². The molecular formula is C22H47NO. The first kappa shape index (κ1) is 23.9. The van der Waals surface area contributed by atoms with Crippen molar-refractivity contribution in [2.75, 3.05) is 19.6 Å². The van der Waals surface area contributed by atoms with E-state index in [0.717, 1.165) is 32.5 Å². The molecule has 0 N–H and O–H groups in total. The Bertz CT molecular complexity index is 222. The summed E-state index contributed by atoms with van der Waals surface area (Å²) in [7, 11) is 0. The SMILES string of the molecule is CCCCCCCCCC[N+]([O-])(CC)CCCCCCCCCC. The van der Waals surface area contributed by atoms with Gasteiger partial charge in [0.2, 0.25) is 0 Å². The summed E-state index contributed by atoms with van der Waals surface area (Å²) in [5.74, 6) is 0. The summed E-state index contributed by atoms with van der Waals surface area (Å²) in [6.07, 6.45) is 21.1. The highest BCUT2D eigenvalue weighted by Gasteiger charge is 2.13. The molecule has 24 heavy (non-hydrogen) atoms. The van der Waals surface area contributed by atoms with Gasteiger partial charge in [-0.1, -0.05) is 90.9 Å². The number of unbranched alkanes of at least 4 members (excludes halogenated alkanes) is 14. The summed E-state index contributed by atoms with van der Waals surface area (Å²) in [6.45, 7) is 9.06. The molecule has 0 radical (unpaired) electrons. The summed E-state index contributed by atoms with van der Waals surface area (Å²) in [4.78, 5) is 0. The molecule has 0 aliphatic rings. The molecule has 0 aliphatic heterocycles. The second-order valence-electron chi connectivity index (χ2n) is 7.77. The fourth-order valence-electron chi connectivity index (χ4n) is 3.50. The number of hydrogen-bond donors (Lipinski definition) is 0. The Morgan fingerprint density at radius 3 is 1.04 bits per heavy atom. The van der Waals surface area contributed by atoms with Crippen LogP contribution < -0.4 is 0 Å². The number of hydroxylamine groups is 3. The number of hydrogen-bond acceptors (Lipinski definition) is 1. The second kappa shape index (κ2) is 17.7. The van der Waals surface area contributed by atoms with E-state index < -0.39 is 0 Å². The summed E-state index contributed by atoms with van der Waals surface area (Å²) in [6, 6.07) is 0. The van der Waals surface area contributed by atoms with E-state index in [-0.39, 0.29) is 4.65 Å². The average molecular weight is 342 g/mol. The van der Waals surface area contributed by atoms with Crippen LogP contribution >= 0.6 is 0 Å². The zero-order valence-corrected chi connectivity index (χ0v) is 17.3. The topological polar surface area (TPSA) is 23.1 Å². The molecule has 2 heteroatoms. The lowest BCUT2D eigenvalue weighted by molar-refractivity contribution is -0.879. The van der Waals surface area contributed by atoms with E-state index in [4.69, 9.17) is 0 Å². The van der Waals surface area contributed by atoms with Gasteiger partial charge in [0, 0.05) is 0 Å². The van der Waals surface area contributed by atoms with Gasteiger partial charge in [-0.2, -0.15) is 0 Å². The highest BCUT2D eigenvalue weighted by molar-refractivity contribution is 4.51. The third-order valence-electron chi connectivity index (χ3n) is 5.41. The molecule has 2 nitrogen and oxygen atoms in total. The predicted octanol–water partition coefficient (Wildman–Crippen LogP) is 7.60. The van der Waals surface area contributed by atoms with E-state index in [9.17, 15) is 5.21 Å². The fourth-order valence-corrected chi connectivity index (χ4v) is 3.50. The molecule has 0 spiro atoms. The first-order chi connectivity index (χ1) is 11.7. The van der Waals surface area contributed by atoms with Gasteiger partial charge in [0.15, 0.2) is 0 Å². The monoisotopic (exact) mass is 341 g/mol. The maximum Gasteiger partial charge on any atom is 0.0783 e. The lowest BCUT2D eigenvalue weighted by Gasteiger charge is -2.42. The molecule has 0 aromatic heterocycles. The van der Waals surface area contributed by atoms with E-state index >= 15 is 0 Å². The first-order valence-corrected chi connectivity index (χ1v) is 11.3. The Morgan fingerprint density at radius 2 is 0.750 bits per heavy atom. The van der Waals surface area contributed by atoms with Crippen LogP contribution in [-0.4, -0.2) is 24.3 Å². The third-order valence-corrected chi connectivity index (χ3v) is 5.41. The number of nitrogens with zero attached hydrogens (tertiary/aromatic N) is 1. The molecule has 0 bridgehead atoms. The molecule has 0 aliphatic carbocycles. The van der Waals surface area contributed by atoms with E-state index in [1.807, 2.05) is 0 Å². The van der Waals surface area contributed by atoms with E-state index in [1.165, 1.54) is 89.9 Å². The average Bonchev–Trinajstić information content (AvgIpc) is 2.59. The quantitative estimate of drug-likeness (QED) is 0.135. The minimum absolute atomic E-state index is 0.0612. The van der Waals surface area contributed by atoms with Gasteiger partial charge in [0.1, 0.15) is 0 Å². The standard InChI is InChI=1S/C22H47NO/c1-4-7-9-11-13-15-17-19-21-23(24,6-3)22-20-18-16-14-12-10-8-5-2/h4-22H2,1-3H3. The minimum Gasteiger partial charge on any atom is -0.633 e. The molecule has 0 amide bonds. The van der Waals surface area contributed by atoms with Gasteiger partial charge in [-0.05, 0) is 32.6 Å². The molecule has 0 saturated heterocycles. The van der Waals surface area contributed by atoms with Crippen LogP contribution in [0.1, 0.15) is 124 Å². The van der Waals surface area contributed by atoms with Crippen molar-refractivity contribution in [1.29, 1.82) is 0 Å². The molecule has 0 saturated carbocycles. The van der Waals surface area contributed by atoms with E-state index in [2.05, 4.69) is 20.8 Å².